The maximum absolute atomic E-state index is 11.5. The van der Waals surface area contributed by atoms with Crippen LogP contribution in [0.2, 0.25) is 0 Å². The van der Waals surface area contributed by atoms with Gasteiger partial charge in [-0.25, -0.2) is 18.4 Å². The van der Waals surface area contributed by atoms with E-state index in [1.807, 2.05) is 27.0 Å². The molecule has 0 aliphatic rings. The quantitative estimate of drug-likeness (QED) is 0.789. The fourth-order valence-corrected chi connectivity index (χ4v) is 2.59. The smallest absolute Gasteiger partial charge is 0.225 e. The number of sulfone groups is 1. The van der Waals surface area contributed by atoms with Crippen LogP contribution in [0.25, 0.3) is 0 Å². The first-order chi connectivity index (χ1) is 7.85. The Hall–Kier alpha value is -1.17. The Labute approximate surface area is 103 Å². The molecule has 96 valence electrons. The second-order valence-corrected chi connectivity index (χ2v) is 6.55. The van der Waals surface area contributed by atoms with Gasteiger partial charge >= 0.3 is 0 Å². The zero-order chi connectivity index (χ0) is 13.1. The lowest BCUT2D eigenvalue weighted by molar-refractivity contribution is 0.587. The average Bonchev–Trinajstić information content (AvgIpc) is 2.27. The molecule has 0 aromatic carbocycles. The highest BCUT2D eigenvalue weighted by molar-refractivity contribution is 7.91. The zero-order valence-electron chi connectivity index (χ0n) is 10.7. The molecule has 0 N–H and O–H groups in total. The lowest BCUT2D eigenvalue weighted by Crippen LogP contribution is -2.36. The van der Waals surface area contributed by atoms with E-state index in [0.717, 1.165) is 5.69 Å². The fourth-order valence-electron chi connectivity index (χ4n) is 1.40. The molecule has 0 aliphatic carbocycles. The van der Waals surface area contributed by atoms with Gasteiger partial charge in [-0.15, -0.1) is 0 Å². The van der Waals surface area contributed by atoms with Crippen LogP contribution in [0.15, 0.2) is 12.3 Å². The second-order valence-electron chi connectivity index (χ2n) is 4.16. The molecule has 0 amide bonds. The monoisotopic (exact) mass is 257 g/mol. The maximum atomic E-state index is 11.5. The Bertz CT molecular complexity index is 473. The molecule has 1 aromatic heterocycles. The van der Waals surface area contributed by atoms with Crippen molar-refractivity contribution >= 4 is 15.8 Å². The molecular formula is C11H19N3O2S. The normalized spacial score (nSPS) is 13.4. The van der Waals surface area contributed by atoms with E-state index in [4.69, 9.17) is 0 Å². The molecule has 0 saturated carbocycles. The standard InChI is InChI=1S/C11H19N3O2S/c1-5-17(15,16)8-10(3)14(4)11-12-7-6-9(2)13-11/h6-7,10H,5,8H2,1-4H3. The molecule has 0 bridgehead atoms. The first kappa shape index (κ1) is 13.9. The maximum Gasteiger partial charge on any atom is 0.225 e. The van der Waals surface area contributed by atoms with Gasteiger partial charge in [0, 0.05) is 30.7 Å². The molecular weight excluding hydrogens is 238 g/mol. The Balaban J connectivity index is 2.80. The first-order valence-corrected chi connectivity index (χ1v) is 7.40. The number of anilines is 1. The van der Waals surface area contributed by atoms with Crippen LogP contribution in [0.4, 0.5) is 5.95 Å². The van der Waals surface area contributed by atoms with Crippen molar-refractivity contribution in [1.29, 1.82) is 0 Å². The van der Waals surface area contributed by atoms with E-state index in [9.17, 15) is 8.42 Å². The van der Waals surface area contributed by atoms with Crippen LogP contribution in [0.1, 0.15) is 19.5 Å². The molecule has 0 radical (unpaired) electrons. The number of hydrogen-bond donors (Lipinski definition) is 0. The average molecular weight is 257 g/mol. The molecule has 6 heteroatoms. The van der Waals surface area contributed by atoms with Crippen LogP contribution in [-0.4, -0.2) is 43.0 Å². The summed E-state index contributed by atoms with van der Waals surface area (Å²) in [6.07, 6.45) is 1.68. The van der Waals surface area contributed by atoms with Gasteiger partial charge in [0.1, 0.15) is 0 Å². The lowest BCUT2D eigenvalue weighted by Gasteiger charge is -2.24. The Morgan fingerprint density at radius 3 is 2.65 bits per heavy atom. The Kier molecular flexibility index (Phi) is 4.45. The lowest BCUT2D eigenvalue weighted by atomic mass is 10.3. The highest BCUT2D eigenvalue weighted by Crippen LogP contribution is 2.10. The molecule has 0 spiro atoms. The fraction of sp³-hybridized carbons (Fsp3) is 0.636. The summed E-state index contributed by atoms with van der Waals surface area (Å²) in [6, 6.07) is 1.67. The summed E-state index contributed by atoms with van der Waals surface area (Å²) in [7, 11) is -1.17. The molecule has 1 rings (SSSR count). The summed E-state index contributed by atoms with van der Waals surface area (Å²) in [4.78, 5) is 10.2. The number of aryl methyl sites for hydroxylation is 1. The number of rotatable bonds is 5. The molecule has 1 atom stereocenters. The van der Waals surface area contributed by atoms with Crippen LogP contribution in [0.3, 0.4) is 0 Å². The molecule has 0 aliphatic heterocycles. The van der Waals surface area contributed by atoms with Gasteiger partial charge in [0.25, 0.3) is 0 Å². The second kappa shape index (κ2) is 5.44. The predicted octanol–water partition coefficient (Wildman–Crippen LogP) is 1.04. The number of nitrogens with zero attached hydrogens (tertiary/aromatic N) is 3. The predicted molar refractivity (Wildman–Crippen MR) is 69.0 cm³/mol. The van der Waals surface area contributed by atoms with E-state index < -0.39 is 9.84 Å². The van der Waals surface area contributed by atoms with Crippen LogP contribution >= 0.6 is 0 Å². The van der Waals surface area contributed by atoms with E-state index in [-0.39, 0.29) is 17.5 Å². The van der Waals surface area contributed by atoms with Gasteiger partial charge in [0.05, 0.1) is 5.75 Å². The van der Waals surface area contributed by atoms with Gasteiger partial charge in [-0.3, -0.25) is 0 Å². The SMILES string of the molecule is CCS(=O)(=O)CC(C)N(C)c1nccc(C)n1. The zero-order valence-corrected chi connectivity index (χ0v) is 11.5. The van der Waals surface area contributed by atoms with Gasteiger partial charge in [-0.1, -0.05) is 6.92 Å². The van der Waals surface area contributed by atoms with E-state index in [1.54, 1.807) is 18.0 Å². The summed E-state index contributed by atoms with van der Waals surface area (Å²) in [6.45, 7) is 5.40. The van der Waals surface area contributed by atoms with Crippen molar-refractivity contribution in [2.75, 3.05) is 23.5 Å². The summed E-state index contributed by atoms with van der Waals surface area (Å²) >= 11 is 0. The van der Waals surface area contributed by atoms with Crippen molar-refractivity contribution in [1.82, 2.24) is 9.97 Å². The molecule has 1 aromatic rings. The van der Waals surface area contributed by atoms with Crippen molar-refractivity contribution in [2.24, 2.45) is 0 Å². The molecule has 1 unspecified atom stereocenters. The topological polar surface area (TPSA) is 63.2 Å². The van der Waals surface area contributed by atoms with Crippen LogP contribution in [0, 0.1) is 6.92 Å². The number of hydrogen-bond acceptors (Lipinski definition) is 5. The van der Waals surface area contributed by atoms with Gasteiger partial charge in [0.15, 0.2) is 9.84 Å². The summed E-state index contributed by atoms with van der Waals surface area (Å²) in [5, 5.41) is 0. The molecule has 17 heavy (non-hydrogen) atoms. The largest absolute Gasteiger partial charge is 0.340 e. The highest BCUT2D eigenvalue weighted by atomic mass is 32.2. The summed E-state index contributed by atoms with van der Waals surface area (Å²) in [5.74, 6) is 0.848. The highest BCUT2D eigenvalue weighted by Gasteiger charge is 2.19. The Morgan fingerprint density at radius 1 is 1.47 bits per heavy atom. The van der Waals surface area contributed by atoms with Gasteiger partial charge < -0.3 is 4.90 Å². The van der Waals surface area contributed by atoms with Crippen molar-refractivity contribution in [3.8, 4) is 0 Å². The summed E-state index contributed by atoms with van der Waals surface area (Å²) < 4.78 is 23.1. The van der Waals surface area contributed by atoms with E-state index in [0.29, 0.717) is 5.95 Å². The van der Waals surface area contributed by atoms with E-state index in [2.05, 4.69) is 9.97 Å². The third-order valence-electron chi connectivity index (χ3n) is 2.69. The third-order valence-corrected chi connectivity index (χ3v) is 4.56. The molecule has 1 heterocycles. The van der Waals surface area contributed by atoms with E-state index >= 15 is 0 Å². The Morgan fingerprint density at radius 2 is 2.12 bits per heavy atom. The van der Waals surface area contributed by atoms with E-state index in [1.165, 1.54) is 0 Å². The molecule has 0 fully saturated rings. The van der Waals surface area contributed by atoms with Crippen molar-refractivity contribution in [3.63, 3.8) is 0 Å². The molecule has 5 nitrogen and oxygen atoms in total. The minimum Gasteiger partial charge on any atom is -0.340 e. The minimum atomic E-state index is -2.98. The summed E-state index contributed by atoms with van der Waals surface area (Å²) in [5.41, 5.74) is 0.868. The van der Waals surface area contributed by atoms with Crippen molar-refractivity contribution < 1.29 is 8.42 Å². The van der Waals surface area contributed by atoms with Gasteiger partial charge in [-0.05, 0) is 19.9 Å². The van der Waals surface area contributed by atoms with Crippen LogP contribution in [-0.2, 0) is 9.84 Å². The molecule has 0 saturated heterocycles. The van der Waals surface area contributed by atoms with Crippen molar-refractivity contribution in [2.45, 2.75) is 26.8 Å². The van der Waals surface area contributed by atoms with Crippen LogP contribution in [0.5, 0.6) is 0 Å². The van der Waals surface area contributed by atoms with Gasteiger partial charge in [0.2, 0.25) is 5.95 Å². The van der Waals surface area contributed by atoms with Gasteiger partial charge in [-0.2, -0.15) is 0 Å². The number of aromatic nitrogens is 2. The first-order valence-electron chi connectivity index (χ1n) is 5.58. The van der Waals surface area contributed by atoms with Crippen LogP contribution < -0.4 is 4.90 Å². The van der Waals surface area contributed by atoms with Crippen molar-refractivity contribution in [3.05, 3.63) is 18.0 Å². The third kappa shape index (κ3) is 3.96. The minimum absolute atomic E-state index is 0.122.